The third kappa shape index (κ3) is 3.08. The fourth-order valence-electron chi connectivity index (χ4n) is 1.46. The van der Waals surface area contributed by atoms with Gasteiger partial charge in [-0.15, -0.1) is 11.3 Å². The van der Waals surface area contributed by atoms with E-state index in [4.69, 9.17) is 0 Å². The molecule has 0 spiro atoms. The van der Waals surface area contributed by atoms with Crippen LogP contribution < -0.4 is 5.32 Å². The van der Waals surface area contributed by atoms with E-state index in [1.165, 1.54) is 23.5 Å². The van der Waals surface area contributed by atoms with Crippen LogP contribution in [0.3, 0.4) is 0 Å². The third-order valence-electron chi connectivity index (χ3n) is 2.24. The molecule has 0 aliphatic carbocycles. The third-order valence-corrected chi connectivity index (χ3v) is 3.09. The van der Waals surface area contributed by atoms with Crippen molar-refractivity contribution in [2.75, 3.05) is 6.54 Å². The Kier molecular flexibility index (Phi) is 3.81. The zero-order chi connectivity index (χ0) is 12.3. The fraction of sp³-hybridized carbons (Fsp3) is 0.250. The summed E-state index contributed by atoms with van der Waals surface area (Å²) in [6.07, 6.45) is 0. The average molecular weight is 254 g/mol. The van der Waals surface area contributed by atoms with Gasteiger partial charge in [-0.25, -0.2) is 13.8 Å². The summed E-state index contributed by atoms with van der Waals surface area (Å²) in [5, 5.41) is 5.87. The molecule has 0 aliphatic heterocycles. The van der Waals surface area contributed by atoms with Crippen molar-refractivity contribution in [1.29, 1.82) is 0 Å². The minimum Gasteiger partial charge on any atom is -0.311 e. The Morgan fingerprint density at radius 2 is 1.94 bits per heavy atom. The van der Waals surface area contributed by atoms with Crippen LogP contribution in [0.25, 0.3) is 11.3 Å². The van der Waals surface area contributed by atoms with E-state index >= 15 is 0 Å². The summed E-state index contributed by atoms with van der Waals surface area (Å²) in [7, 11) is 0. The average Bonchev–Trinajstić information content (AvgIpc) is 2.73. The number of thiazole rings is 1. The second-order valence-electron chi connectivity index (χ2n) is 3.56. The number of benzene rings is 1. The molecule has 5 heteroatoms. The van der Waals surface area contributed by atoms with Gasteiger partial charge in [-0.2, -0.15) is 0 Å². The minimum atomic E-state index is -0.582. The second kappa shape index (κ2) is 5.33. The molecule has 17 heavy (non-hydrogen) atoms. The van der Waals surface area contributed by atoms with Crippen molar-refractivity contribution in [3.05, 3.63) is 40.2 Å². The first-order valence-electron chi connectivity index (χ1n) is 5.30. The lowest BCUT2D eigenvalue weighted by molar-refractivity contribution is 0.584. The highest BCUT2D eigenvalue weighted by atomic mass is 32.1. The lowest BCUT2D eigenvalue weighted by Crippen LogP contribution is -2.11. The van der Waals surface area contributed by atoms with E-state index in [-0.39, 0.29) is 0 Å². The summed E-state index contributed by atoms with van der Waals surface area (Å²) in [5.74, 6) is -1.16. The number of nitrogens with zero attached hydrogens (tertiary/aromatic N) is 1. The number of nitrogens with one attached hydrogen (secondary N) is 1. The maximum Gasteiger partial charge on any atom is 0.126 e. The van der Waals surface area contributed by atoms with E-state index < -0.39 is 11.6 Å². The van der Waals surface area contributed by atoms with Crippen molar-refractivity contribution in [1.82, 2.24) is 10.3 Å². The molecule has 0 radical (unpaired) electrons. The van der Waals surface area contributed by atoms with E-state index in [9.17, 15) is 8.78 Å². The highest BCUT2D eigenvalue weighted by Gasteiger charge is 2.07. The highest BCUT2D eigenvalue weighted by molar-refractivity contribution is 7.09. The van der Waals surface area contributed by atoms with Crippen LogP contribution in [0.4, 0.5) is 8.78 Å². The lowest BCUT2D eigenvalue weighted by atomic mass is 10.1. The van der Waals surface area contributed by atoms with Gasteiger partial charge in [0.25, 0.3) is 0 Å². The van der Waals surface area contributed by atoms with Crippen LogP contribution >= 0.6 is 11.3 Å². The van der Waals surface area contributed by atoms with Gasteiger partial charge < -0.3 is 5.32 Å². The van der Waals surface area contributed by atoms with Crippen LogP contribution in [0.1, 0.15) is 11.9 Å². The molecule has 1 heterocycles. The minimum absolute atomic E-state index is 0.474. The van der Waals surface area contributed by atoms with Gasteiger partial charge in [-0.05, 0) is 18.7 Å². The summed E-state index contributed by atoms with van der Waals surface area (Å²) in [5.41, 5.74) is 1.09. The van der Waals surface area contributed by atoms with Crippen LogP contribution in [0.5, 0.6) is 0 Å². The van der Waals surface area contributed by atoms with Gasteiger partial charge >= 0.3 is 0 Å². The molecule has 1 N–H and O–H groups in total. The van der Waals surface area contributed by atoms with Crippen molar-refractivity contribution < 1.29 is 8.78 Å². The molecular formula is C12H12F2N2S. The van der Waals surface area contributed by atoms with Crippen molar-refractivity contribution in [2.45, 2.75) is 13.5 Å². The first-order chi connectivity index (χ1) is 8.19. The van der Waals surface area contributed by atoms with Gasteiger partial charge in [-0.1, -0.05) is 6.92 Å². The molecule has 1 aromatic heterocycles. The zero-order valence-electron chi connectivity index (χ0n) is 9.34. The zero-order valence-corrected chi connectivity index (χ0v) is 10.2. The topological polar surface area (TPSA) is 24.9 Å². The molecule has 0 bridgehead atoms. The van der Waals surface area contributed by atoms with Crippen LogP contribution in [0, 0.1) is 11.6 Å². The van der Waals surface area contributed by atoms with Crippen LogP contribution in [0.15, 0.2) is 23.6 Å². The molecule has 2 nitrogen and oxygen atoms in total. The Bertz CT molecular complexity index is 491. The van der Waals surface area contributed by atoms with E-state index in [1.54, 1.807) is 5.38 Å². The summed E-state index contributed by atoms with van der Waals surface area (Å²) in [4.78, 5) is 4.32. The summed E-state index contributed by atoms with van der Waals surface area (Å²) < 4.78 is 26.1. The SMILES string of the molecule is CCNCc1nc(-c2cc(F)cc(F)c2)cs1. The van der Waals surface area contributed by atoms with Gasteiger partial charge in [0.15, 0.2) is 0 Å². The maximum atomic E-state index is 13.0. The van der Waals surface area contributed by atoms with Gasteiger partial charge in [0.2, 0.25) is 0 Å². The van der Waals surface area contributed by atoms with Crippen molar-refractivity contribution >= 4 is 11.3 Å². The molecular weight excluding hydrogens is 242 g/mol. The number of halogens is 2. The lowest BCUT2D eigenvalue weighted by Gasteiger charge is -1.98. The van der Waals surface area contributed by atoms with Crippen molar-refractivity contribution in [2.24, 2.45) is 0 Å². The summed E-state index contributed by atoms with van der Waals surface area (Å²) in [6.45, 7) is 3.55. The molecule has 0 amide bonds. The number of hydrogen-bond acceptors (Lipinski definition) is 3. The van der Waals surface area contributed by atoms with Gasteiger partial charge in [0.05, 0.1) is 5.69 Å². The molecule has 0 unspecified atom stereocenters. The molecule has 0 fully saturated rings. The van der Waals surface area contributed by atoms with E-state index in [2.05, 4.69) is 10.3 Å². The molecule has 0 saturated carbocycles. The quantitative estimate of drug-likeness (QED) is 0.906. The number of hydrogen-bond donors (Lipinski definition) is 1. The molecule has 2 aromatic rings. The Morgan fingerprint density at radius 1 is 1.24 bits per heavy atom. The second-order valence-corrected chi connectivity index (χ2v) is 4.51. The van der Waals surface area contributed by atoms with E-state index in [0.717, 1.165) is 17.6 Å². The Morgan fingerprint density at radius 3 is 2.59 bits per heavy atom. The summed E-state index contributed by atoms with van der Waals surface area (Å²) in [6, 6.07) is 3.43. The fourth-order valence-corrected chi connectivity index (χ4v) is 2.23. The number of aromatic nitrogens is 1. The van der Waals surface area contributed by atoms with Crippen LogP contribution in [-0.4, -0.2) is 11.5 Å². The normalized spacial score (nSPS) is 10.8. The maximum absolute atomic E-state index is 13.0. The van der Waals surface area contributed by atoms with Gasteiger partial charge in [-0.3, -0.25) is 0 Å². The monoisotopic (exact) mass is 254 g/mol. The van der Waals surface area contributed by atoms with Crippen molar-refractivity contribution in [3.8, 4) is 11.3 Å². The summed E-state index contributed by atoms with van der Waals surface area (Å²) >= 11 is 1.48. The number of rotatable bonds is 4. The van der Waals surface area contributed by atoms with Crippen LogP contribution in [0.2, 0.25) is 0 Å². The first kappa shape index (κ1) is 12.1. The molecule has 2 rings (SSSR count). The standard InChI is InChI=1S/C12H12F2N2S/c1-2-15-6-12-16-11(7-17-12)8-3-9(13)5-10(14)4-8/h3-5,7,15H,2,6H2,1H3. The first-order valence-corrected chi connectivity index (χ1v) is 6.18. The molecule has 0 saturated heterocycles. The Balaban J connectivity index is 2.24. The highest BCUT2D eigenvalue weighted by Crippen LogP contribution is 2.23. The van der Waals surface area contributed by atoms with Gasteiger partial charge in [0, 0.05) is 23.6 Å². The molecule has 90 valence electrons. The smallest absolute Gasteiger partial charge is 0.126 e. The predicted molar refractivity (Wildman–Crippen MR) is 64.8 cm³/mol. The molecule has 0 atom stereocenters. The Hall–Kier alpha value is -1.33. The molecule has 0 aliphatic rings. The van der Waals surface area contributed by atoms with Gasteiger partial charge in [0.1, 0.15) is 16.6 Å². The predicted octanol–water partition coefficient (Wildman–Crippen LogP) is 3.20. The van der Waals surface area contributed by atoms with E-state index in [0.29, 0.717) is 17.8 Å². The largest absolute Gasteiger partial charge is 0.311 e. The van der Waals surface area contributed by atoms with Crippen molar-refractivity contribution in [3.63, 3.8) is 0 Å². The Labute approximate surface area is 102 Å². The van der Waals surface area contributed by atoms with Crippen LogP contribution in [-0.2, 0) is 6.54 Å². The molecule has 1 aromatic carbocycles. The van der Waals surface area contributed by atoms with E-state index in [1.807, 2.05) is 6.92 Å².